The van der Waals surface area contributed by atoms with Gasteiger partial charge in [0, 0.05) is 12.1 Å². The van der Waals surface area contributed by atoms with Crippen LogP contribution in [0.4, 0.5) is 0 Å². The van der Waals surface area contributed by atoms with Gasteiger partial charge in [-0.05, 0) is 29.9 Å². The molecule has 0 aliphatic heterocycles. The largest absolute Gasteiger partial charge is 0.260 e. The van der Waals surface area contributed by atoms with Crippen molar-refractivity contribution in [2.24, 2.45) is 11.8 Å². The summed E-state index contributed by atoms with van der Waals surface area (Å²) in [5.74, 6) is 2.39. The second kappa shape index (κ2) is 4.04. The lowest BCUT2D eigenvalue weighted by molar-refractivity contribution is 0.183. The van der Waals surface area contributed by atoms with Crippen LogP contribution in [-0.2, 0) is 0 Å². The van der Waals surface area contributed by atoms with Crippen molar-refractivity contribution in [1.29, 1.82) is 0 Å². The summed E-state index contributed by atoms with van der Waals surface area (Å²) in [4.78, 5) is 4.60. The molecule has 84 valence electrons. The predicted molar refractivity (Wildman–Crippen MR) is 67.1 cm³/mol. The van der Waals surface area contributed by atoms with Crippen molar-refractivity contribution >= 4 is 6.08 Å². The Balaban J connectivity index is 1.94. The fourth-order valence-corrected chi connectivity index (χ4v) is 3.18. The first-order valence-corrected chi connectivity index (χ1v) is 6.47. The smallest absolute Gasteiger partial charge is 0.0506 e. The van der Waals surface area contributed by atoms with Crippen LogP contribution in [0.2, 0.25) is 0 Å². The Morgan fingerprint density at radius 3 is 2.94 bits per heavy atom. The lowest BCUT2D eigenvalue weighted by Crippen LogP contribution is -2.26. The average Bonchev–Trinajstić information content (AvgIpc) is 2.39. The standard InChI is InChI=1S/C15H19N/c1-11-14(12-5-2-6-12)9-3-7-13-8-4-10-16-15(11)13/h3-4,7-8,10-12,14H,2,5-6,9H2,1H3. The van der Waals surface area contributed by atoms with E-state index >= 15 is 0 Å². The second-order valence-electron chi connectivity index (χ2n) is 5.26. The molecule has 1 heteroatoms. The van der Waals surface area contributed by atoms with E-state index in [-0.39, 0.29) is 0 Å². The third kappa shape index (κ3) is 1.59. The highest BCUT2D eigenvalue weighted by Crippen LogP contribution is 2.44. The van der Waals surface area contributed by atoms with Gasteiger partial charge in [0.25, 0.3) is 0 Å². The van der Waals surface area contributed by atoms with Crippen molar-refractivity contribution in [3.8, 4) is 0 Å². The van der Waals surface area contributed by atoms with Gasteiger partial charge in [0.05, 0.1) is 5.69 Å². The van der Waals surface area contributed by atoms with Crippen molar-refractivity contribution < 1.29 is 0 Å². The molecule has 1 aromatic rings. The van der Waals surface area contributed by atoms with Crippen LogP contribution in [0.3, 0.4) is 0 Å². The minimum absolute atomic E-state index is 0.622. The van der Waals surface area contributed by atoms with E-state index in [9.17, 15) is 0 Å². The zero-order valence-electron chi connectivity index (χ0n) is 9.89. The van der Waals surface area contributed by atoms with Gasteiger partial charge in [-0.25, -0.2) is 0 Å². The van der Waals surface area contributed by atoms with E-state index in [1.807, 2.05) is 12.3 Å². The van der Waals surface area contributed by atoms with E-state index < -0.39 is 0 Å². The molecule has 1 nitrogen and oxygen atoms in total. The molecule has 0 N–H and O–H groups in total. The Morgan fingerprint density at radius 1 is 1.31 bits per heavy atom. The van der Waals surface area contributed by atoms with Gasteiger partial charge >= 0.3 is 0 Å². The van der Waals surface area contributed by atoms with Crippen LogP contribution in [0, 0.1) is 11.8 Å². The molecular formula is C15H19N. The summed E-state index contributed by atoms with van der Waals surface area (Å²) in [5.41, 5.74) is 2.64. The van der Waals surface area contributed by atoms with E-state index in [1.165, 1.54) is 36.9 Å². The van der Waals surface area contributed by atoms with Gasteiger partial charge in [-0.15, -0.1) is 0 Å². The van der Waals surface area contributed by atoms with Crippen LogP contribution in [-0.4, -0.2) is 4.98 Å². The Kier molecular flexibility index (Phi) is 2.55. The van der Waals surface area contributed by atoms with Gasteiger partial charge in [0.2, 0.25) is 0 Å². The molecule has 2 aliphatic carbocycles. The van der Waals surface area contributed by atoms with E-state index in [2.05, 4.69) is 30.1 Å². The lowest BCUT2D eigenvalue weighted by Gasteiger charge is -2.36. The van der Waals surface area contributed by atoms with E-state index in [0.29, 0.717) is 5.92 Å². The first-order chi connectivity index (χ1) is 7.86. The van der Waals surface area contributed by atoms with Crippen molar-refractivity contribution in [3.63, 3.8) is 0 Å². The Morgan fingerprint density at radius 2 is 2.19 bits per heavy atom. The molecule has 0 spiro atoms. The molecule has 0 radical (unpaired) electrons. The third-order valence-electron chi connectivity index (χ3n) is 4.41. The molecule has 0 aromatic carbocycles. The van der Waals surface area contributed by atoms with Crippen LogP contribution in [0.1, 0.15) is 49.8 Å². The van der Waals surface area contributed by atoms with Crippen LogP contribution < -0.4 is 0 Å². The van der Waals surface area contributed by atoms with Gasteiger partial charge in [0.1, 0.15) is 0 Å². The zero-order valence-corrected chi connectivity index (χ0v) is 9.89. The quantitative estimate of drug-likeness (QED) is 0.686. The molecule has 16 heavy (non-hydrogen) atoms. The average molecular weight is 213 g/mol. The van der Waals surface area contributed by atoms with Crippen LogP contribution >= 0.6 is 0 Å². The number of hydrogen-bond donors (Lipinski definition) is 0. The molecule has 0 bridgehead atoms. The van der Waals surface area contributed by atoms with E-state index in [4.69, 9.17) is 0 Å². The number of hydrogen-bond acceptors (Lipinski definition) is 1. The van der Waals surface area contributed by atoms with Crippen LogP contribution in [0.15, 0.2) is 24.4 Å². The summed E-state index contributed by atoms with van der Waals surface area (Å²) in [5, 5.41) is 0. The highest BCUT2D eigenvalue weighted by Gasteiger charge is 2.33. The summed E-state index contributed by atoms with van der Waals surface area (Å²) >= 11 is 0. The zero-order chi connectivity index (χ0) is 11.0. The van der Waals surface area contributed by atoms with E-state index in [0.717, 1.165) is 11.8 Å². The lowest BCUT2D eigenvalue weighted by atomic mass is 9.69. The Labute approximate surface area is 97.6 Å². The maximum absolute atomic E-state index is 4.60. The fraction of sp³-hybridized carbons (Fsp3) is 0.533. The van der Waals surface area contributed by atoms with Crippen molar-refractivity contribution in [3.05, 3.63) is 35.7 Å². The van der Waals surface area contributed by atoms with Gasteiger partial charge in [-0.1, -0.05) is 44.4 Å². The molecular weight excluding hydrogens is 194 g/mol. The Hall–Kier alpha value is -1.11. The van der Waals surface area contributed by atoms with Crippen molar-refractivity contribution in [2.75, 3.05) is 0 Å². The highest BCUT2D eigenvalue weighted by atomic mass is 14.7. The predicted octanol–water partition coefficient (Wildman–Crippen LogP) is 4.02. The molecule has 0 saturated heterocycles. The summed E-state index contributed by atoms with van der Waals surface area (Å²) in [7, 11) is 0. The number of nitrogens with zero attached hydrogens (tertiary/aromatic N) is 1. The minimum atomic E-state index is 0.622. The number of rotatable bonds is 1. The summed E-state index contributed by atoms with van der Waals surface area (Å²) in [6, 6.07) is 4.23. The summed E-state index contributed by atoms with van der Waals surface area (Å²) in [6.45, 7) is 2.36. The number of aromatic nitrogens is 1. The fourth-order valence-electron chi connectivity index (χ4n) is 3.18. The minimum Gasteiger partial charge on any atom is -0.260 e. The second-order valence-corrected chi connectivity index (χ2v) is 5.26. The molecule has 2 unspecified atom stereocenters. The molecule has 3 rings (SSSR count). The number of pyridine rings is 1. The monoisotopic (exact) mass is 213 g/mol. The topological polar surface area (TPSA) is 12.9 Å². The van der Waals surface area contributed by atoms with Crippen LogP contribution in [0.5, 0.6) is 0 Å². The highest BCUT2D eigenvalue weighted by molar-refractivity contribution is 5.53. The summed E-state index contributed by atoms with van der Waals surface area (Å²) < 4.78 is 0. The molecule has 2 atom stereocenters. The Bertz CT molecular complexity index is 404. The number of allylic oxidation sites excluding steroid dienone is 1. The molecule has 0 amide bonds. The first kappa shape index (κ1) is 10.1. The van der Waals surface area contributed by atoms with Crippen molar-refractivity contribution in [1.82, 2.24) is 4.98 Å². The third-order valence-corrected chi connectivity index (χ3v) is 4.41. The van der Waals surface area contributed by atoms with Crippen molar-refractivity contribution in [2.45, 2.75) is 38.5 Å². The van der Waals surface area contributed by atoms with Gasteiger partial charge in [0.15, 0.2) is 0 Å². The van der Waals surface area contributed by atoms with Gasteiger partial charge < -0.3 is 0 Å². The van der Waals surface area contributed by atoms with Gasteiger partial charge in [-0.2, -0.15) is 0 Å². The molecule has 2 aliphatic rings. The molecule has 1 fully saturated rings. The molecule has 1 saturated carbocycles. The van der Waals surface area contributed by atoms with Crippen LogP contribution in [0.25, 0.3) is 6.08 Å². The maximum Gasteiger partial charge on any atom is 0.0506 e. The molecule has 1 aromatic heterocycles. The van der Waals surface area contributed by atoms with E-state index in [1.54, 1.807) is 0 Å². The SMILES string of the molecule is CC1c2ncccc2C=CCC1C1CCC1. The van der Waals surface area contributed by atoms with Gasteiger partial charge in [-0.3, -0.25) is 4.98 Å². The molecule has 1 heterocycles. The maximum atomic E-state index is 4.60. The number of fused-ring (bicyclic) bond motifs is 1. The normalized spacial score (nSPS) is 29.3. The first-order valence-electron chi connectivity index (χ1n) is 6.47. The summed E-state index contributed by atoms with van der Waals surface area (Å²) in [6.07, 6.45) is 12.1.